The minimum absolute atomic E-state index is 0.0121. The Morgan fingerprint density at radius 2 is 1.89 bits per heavy atom. The fourth-order valence-corrected chi connectivity index (χ4v) is 3.28. The molecule has 4 nitrogen and oxygen atoms in total. The lowest BCUT2D eigenvalue weighted by Crippen LogP contribution is -2.35. The van der Waals surface area contributed by atoms with Crippen molar-refractivity contribution in [2.24, 2.45) is 5.92 Å². The third-order valence-corrected chi connectivity index (χ3v) is 4.93. The zero-order valence-electron chi connectivity index (χ0n) is 15.4. The number of nitrogens with one attached hydrogen (secondary N) is 1. The second kappa shape index (κ2) is 8.04. The molecule has 0 radical (unpaired) electrons. The van der Waals surface area contributed by atoms with Crippen LogP contribution in [0.5, 0.6) is 0 Å². The van der Waals surface area contributed by atoms with E-state index in [1.807, 2.05) is 37.3 Å². The molecule has 1 aliphatic rings. The Kier molecular flexibility index (Phi) is 5.72. The van der Waals surface area contributed by atoms with Crippen LogP contribution in [-0.2, 0) is 15.8 Å². The second-order valence-corrected chi connectivity index (χ2v) is 7.01. The molecule has 0 spiro atoms. The van der Waals surface area contributed by atoms with E-state index in [9.17, 15) is 22.8 Å². The maximum Gasteiger partial charge on any atom is 0.416 e. The molecule has 3 rings (SSSR count). The van der Waals surface area contributed by atoms with Gasteiger partial charge in [0, 0.05) is 25.2 Å². The van der Waals surface area contributed by atoms with Gasteiger partial charge in [-0.1, -0.05) is 43.3 Å². The zero-order chi connectivity index (χ0) is 20.3. The maximum atomic E-state index is 12.9. The molecule has 2 amide bonds. The molecule has 1 fully saturated rings. The largest absolute Gasteiger partial charge is 0.416 e. The molecule has 7 heteroatoms. The first-order valence-electron chi connectivity index (χ1n) is 9.06. The van der Waals surface area contributed by atoms with Gasteiger partial charge in [-0.05, 0) is 29.7 Å². The van der Waals surface area contributed by atoms with E-state index in [1.165, 1.54) is 17.0 Å². The van der Waals surface area contributed by atoms with Gasteiger partial charge < -0.3 is 10.2 Å². The van der Waals surface area contributed by atoms with Gasteiger partial charge in [0.25, 0.3) is 0 Å². The number of hydrogen-bond acceptors (Lipinski definition) is 2. The van der Waals surface area contributed by atoms with Crippen LogP contribution in [0.25, 0.3) is 0 Å². The Labute approximate surface area is 161 Å². The van der Waals surface area contributed by atoms with Crippen LogP contribution in [0.15, 0.2) is 54.6 Å². The van der Waals surface area contributed by atoms with Gasteiger partial charge in [-0.3, -0.25) is 9.59 Å². The summed E-state index contributed by atoms with van der Waals surface area (Å²) < 4.78 is 38.7. The number of rotatable bonds is 5. The van der Waals surface area contributed by atoms with Gasteiger partial charge in [-0.2, -0.15) is 13.2 Å². The highest BCUT2D eigenvalue weighted by atomic mass is 19.4. The third kappa shape index (κ3) is 4.52. The molecule has 2 atom stereocenters. The molecule has 2 aromatic rings. The summed E-state index contributed by atoms with van der Waals surface area (Å²) in [7, 11) is 0. The van der Waals surface area contributed by atoms with Crippen LogP contribution in [0.2, 0.25) is 0 Å². The van der Waals surface area contributed by atoms with Crippen molar-refractivity contribution in [2.75, 3.05) is 18.0 Å². The first-order chi connectivity index (χ1) is 13.3. The highest BCUT2D eigenvalue weighted by Gasteiger charge is 2.36. The SMILES string of the molecule is C[C@@H](CNC(=O)[C@H]1CC(=O)N(c2cccc(C(F)(F)F)c2)C1)c1ccccc1. The molecule has 0 aliphatic carbocycles. The molecule has 0 bridgehead atoms. The van der Waals surface area contributed by atoms with E-state index in [-0.39, 0.29) is 36.4 Å². The van der Waals surface area contributed by atoms with E-state index in [2.05, 4.69) is 5.32 Å². The Balaban J connectivity index is 1.62. The Bertz CT molecular complexity index is 852. The van der Waals surface area contributed by atoms with Gasteiger partial charge >= 0.3 is 6.18 Å². The van der Waals surface area contributed by atoms with Crippen molar-refractivity contribution in [1.82, 2.24) is 5.32 Å². The lowest BCUT2D eigenvalue weighted by Gasteiger charge is -2.19. The van der Waals surface area contributed by atoms with Gasteiger partial charge in [0.05, 0.1) is 11.5 Å². The molecule has 1 heterocycles. The number of carbonyl (C=O) groups is 2. The Morgan fingerprint density at radius 3 is 2.57 bits per heavy atom. The normalized spacial score (nSPS) is 18.2. The molecular formula is C21H21F3N2O2. The fourth-order valence-electron chi connectivity index (χ4n) is 3.28. The number of hydrogen-bond donors (Lipinski definition) is 1. The summed E-state index contributed by atoms with van der Waals surface area (Å²) in [4.78, 5) is 26.0. The van der Waals surface area contributed by atoms with Gasteiger partial charge in [0.2, 0.25) is 11.8 Å². The van der Waals surface area contributed by atoms with E-state index < -0.39 is 17.7 Å². The van der Waals surface area contributed by atoms with Crippen molar-refractivity contribution in [3.8, 4) is 0 Å². The van der Waals surface area contributed by atoms with Gasteiger partial charge in [0.15, 0.2) is 0 Å². The molecule has 0 saturated carbocycles. The zero-order valence-corrected chi connectivity index (χ0v) is 15.4. The van der Waals surface area contributed by atoms with Crippen LogP contribution in [0.1, 0.15) is 30.4 Å². The first-order valence-corrected chi connectivity index (χ1v) is 9.06. The maximum absolute atomic E-state index is 12.9. The van der Waals surface area contributed by atoms with Gasteiger partial charge in [-0.15, -0.1) is 0 Å². The Morgan fingerprint density at radius 1 is 1.18 bits per heavy atom. The minimum atomic E-state index is -4.48. The summed E-state index contributed by atoms with van der Waals surface area (Å²) in [5.74, 6) is -1.08. The highest BCUT2D eigenvalue weighted by Crippen LogP contribution is 2.33. The summed E-state index contributed by atoms with van der Waals surface area (Å²) in [6, 6.07) is 14.3. The minimum Gasteiger partial charge on any atom is -0.355 e. The van der Waals surface area contributed by atoms with Crippen molar-refractivity contribution in [3.63, 3.8) is 0 Å². The Hall–Kier alpha value is -2.83. The lowest BCUT2D eigenvalue weighted by molar-refractivity contribution is -0.137. The molecular weight excluding hydrogens is 369 g/mol. The quantitative estimate of drug-likeness (QED) is 0.840. The van der Waals surface area contributed by atoms with Gasteiger partial charge in [0.1, 0.15) is 0 Å². The number of amides is 2. The monoisotopic (exact) mass is 390 g/mol. The van der Waals surface area contributed by atoms with E-state index in [1.54, 1.807) is 0 Å². The topological polar surface area (TPSA) is 49.4 Å². The number of halogens is 3. The average Bonchev–Trinajstić information content (AvgIpc) is 3.08. The third-order valence-electron chi connectivity index (χ3n) is 4.93. The molecule has 0 unspecified atom stereocenters. The summed E-state index contributed by atoms with van der Waals surface area (Å²) in [5, 5.41) is 2.85. The summed E-state index contributed by atoms with van der Waals surface area (Å²) in [6.07, 6.45) is -4.50. The molecule has 148 valence electrons. The number of benzene rings is 2. The number of nitrogens with zero attached hydrogens (tertiary/aromatic N) is 1. The fraction of sp³-hybridized carbons (Fsp3) is 0.333. The van der Waals surface area contributed by atoms with E-state index in [4.69, 9.17) is 0 Å². The molecule has 1 saturated heterocycles. The average molecular weight is 390 g/mol. The number of carbonyl (C=O) groups excluding carboxylic acids is 2. The molecule has 1 N–H and O–H groups in total. The van der Waals surface area contributed by atoms with Crippen LogP contribution >= 0.6 is 0 Å². The van der Waals surface area contributed by atoms with Crippen LogP contribution < -0.4 is 10.2 Å². The lowest BCUT2D eigenvalue weighted by atomic mass is 10.0. The van der Waals surface area contributed by atoms with Crippen molar-refractivity contribution < 1.29 is 22.8 Å². The van der Waals surface area contributed by atoms with Crippen molar-refractivity contribution in [3.05, 3.63) is 65.7 Å². The second-order valence-electron chi connectivity index (χ2n) is 7.01. The van der Waals surface area contributed by atoms with Crippen molar-refractivity contribution >= 4 is 17.5 Å². The van der Waals surface area contributed by atoms with Crippen molar-refractivity contribution in [1.29, 1.82) is 0 Å². The molecule has 2 aromatic carbocycles. The predicted octanol–water partition coefficient (Wildman–Crippen LogP) is 3.98. The molecule has 1 aliphatic heterocycles. The molecule has 28 heavy (non-hydrogen) atoms. The smallest absolute Gasteiger partial charge is 0.355 e. The van der Waals surface area contributed by atoms with E-state index in [0.29, 0.717) is 6.54 Å². The van der Waals surface area contributed by atoms with Gasteiger partial charge in [-0.25, -0.2) is 0 Å². The van der Waals surface area contributed by atoms with Crippen LogP contribution in [0.3, 0.4) is 0 Å². The highest BCUT2D eigenvalue weighted by molar-refractivity contribution is 6.00. The van der Waals surface area contributed by atoms with Crippen LogP contribution in [0, 0.1) is 5.92 Å². The standard InChI is InChI=1S/C21H21F3N2O2/c1-14(15-6-3-2-4-7-15)12-25-20(28)16-10-19(27)26(13-16)18-9-5-8-17(11-18)21(22,23)24/h2-9,11,14,16H,10,12-13H2,1H3,(H,25,28)/t14-,16-/m0/s1. The molecule has 0 aromatic heterocycles. The van der Waals surface area contributed by atoms with Crippen molar-refractivity contribution in [2.45, 2.75) is 25.4 Å². The summed E-state index contributed by atoms with van der Waals surface area (Å²) in [6.45, 7) is 2.49. The summed E-state index contributed by atoms with van der Waals surface area (Å²) in [5.41, 5.74) is 0.436. The van der Waals surface area contributed by atoms with E-state index in [0.717, 1.165) is 17.7 Å². The van der Waals surface area contributed by atoms with E-state index >= 15 is 0 Å². The predicted molar refractivity (Wildman–Crippen MR) is 99.8 cm³/mol. The van der Waals surface area contributed by atoms with Crippen LogP contribution in [-0.4, -0.2) is 24.9 Å². The summed E-state index contributed by atoms with van der Waals surface area (Å²) >= 11 is 0. The van der Waals surface area contributed by atoms with Crippen LogP contribution in [0.4, 0.5) is 18.9 Å². The first kappa shape index (κ1) is 19.9. The number of alkyl halides is 3. The number of anilines is 1.